The molecule has 168 valence electrons. The van der Waals surface area contributed by atoms with Crippen LogP contribution in [0, 0.1) is 6.92 Å². The number of rotatable bonds is 5. The highest BCUT2D eigenvalue weighted by molar-refractivity contribution is 5.65. The Balaban J connectivity index is 1.79. The van der Waals surface area contributed by atoms with Crippen molar-refractivity contribution < 1.29 is 23.0 Å². The lowest BCUT2D eigenvalue weighted by molar-refractivity contribution is -0.137. The summed E-state index contributed by atoms with van der Waals surface area (Å²) in [5, 5.41) is 11.6. The normalized spacial score (nSPS) is 17.2. The predicted octanol–water partition coefficient (Wildman–Crippen LogP) is 4.58. The molecule has 0 bridgehead atoms. The second kappa shape index (κ2) is 9.36. The molecule has 1 aliphatic rings. The molecule has 32 heavy (non-hydrogen) atoms. The van der Waals surface area contributed by atoms with E-state index >= 15 is 0 Å². The third-order valence-electron chi connectivity index (χ3n) is 5.60. The van der Waals surface area contributed by atoms with E-state index in [1.807, 2.05) is 6.07 Å². The van der Waals surface area contributed by atoms with Gasteiger partial charge in [-0.25, -0.2) is 0 Å². The molecule has 0 amide bonds. The highest BCUT2D eigenvalue weighted by Gasteiger charge is 2.34. The van der Waals surface area contributed by atoms with Crippen LogP contribution in [0.1, 0.15) is 34.4 Å². The number of ether oxygens (including phenoxy) is 1. The van der Waals surface area contributed by atoms with Gasteiger partial charge in [-0.2, -0.15) is 13.2 Å². The van der Waals surface area contributed by atoms with Gasteiger partial charge in [-0.1, -0.05) is 12.1 Å². The minimum absolute atomic E-state index is 0.318. The lowest BCUT2D eigenvalue weighted by Gasteiger charge is -2.37. The average molecular weight is 443 g/mol. The maximum absolute atomic E-state index is 13.4. The number of pyridine rings is 2. The van der Waals surface area contributed by atoms with Crippen molar-refractivity contribution in [2.24, 2.45) is 0 Å². The third kappa shape index (κ3) is 4.82. The number of halogens is 3. The van der Waals surface area contributed by atoms with Gasteiger partial charge in [-0.05, 0) is 48.4 Å². The summed E-state index contributed by atoms with van der Waals surface area (Å²) in [6.07, 6.45) is -0.619. The maximum Gasteiger partial charge on any atom is 0.416 e. The molecule has 0 aliphatic carbocycles. The summed E-state index contributed by atoms with van der Waals surface area (Å²) in [7, 11) is 0. The molecule has 0 spiro atoms. The zero-order chi connectivity index (χ0) is 22.7. The van der Waals surface area contributed by atoms with E-state index in [9.17, 15) is 18.3 Å². The topological polar surface area (TPSA) is 58.5 Å². The smallest absolute Gasteiger partial charge is 0.386 e. The van der Waals surface area contributed by atoms with Gasteiger partial charge in [0.25, 0.3) is 0 Å². The fourth-order valence-electron chi connectivity index (χ4n) is 4.15. The number of hydrogen-bond acceptors (Lipinski definition) is 5. The second-order valence-corrected chi connectivity index (χ2v) is 7.85. The van der Waals surface area contributed by atoms with Gasteiger partial charge in [-0.15, -0.1) is 0 Å². The first-order valence-electron chi connectivity index (χ1n) is 10.4. The quantitative estimate of drug-likeness (QED) is 0.626. The number of aromatic nitrogens is 2. The van der Waals surface area contributed by atoms with E-state index in [1.54, 1.807) is 43.6 Å². The van der Waals surface area contributed by atoms with Crippen LogP contribution in [0.4, 0.5) is 13.2 Å². The Hall–Kier alpha value is -2.81. The summed E-state index contributed by atoms with van der Waals surface area (Å²) < 4.78 is 45.7. The van der Waals surface area contributed by atoms with Gasteiger partial charge >= 0.3 is 6.18 Å². The molecule has 3 heterocycles. The van der Waals surface area contributed by atoms with Crippen molar-refractivity contribution in [2.75, 3.05) is 26.3 Å². The Morgan fingerprint density at radius 2 is 1.81 bits per heavy atom. The van der Waals surface area contributed by atoms with Crippen LogP contribution in [0.15, 0.2) is 61.1 Å². The highest BCUT2D eigenvalue weighted by atomic mass is 19.4. The monoisotopic (exact) mass is 443 g/mol. The number of morpholine rings is 1. The molecule has 2 atom stereocenters. The van der Waals surface area contributed by atoms with Crippen LogP contribution in [-0.2, 0) is 10.9 Å². The number of aryl methyl sites for hydroxylation is 1. The number of aliphatic hydroxyl groups is 1. The fraction of sp³-hybridized carbons (Fsp3) is 0.333. The van der Waals surface area contributed by atoms with Gasteiger partial charge in [0.2, 0.25) is 0 Å². The van der Waals surface area contributed by atoms with Crippen LogP contribution in [0.5, 0.6) is 0 Å². The van der Waals surface area contributed by atoms with Crippen LogP contribution >= 0.6 is 0 Å². The zero-order valence-corrected chi connectivity index (χ0v) is 17.6. The molecule has 0 saturated carbocycles. The minimum Gasteiger partial charge on any atom is -0.386 e. The van der Waals surface area contributed by atoms with Crippen LogP contribution in [0.25, 0.3) is 11.3 Å². The van der Waals surface area contributed by atoms with Crippen molar-refractivity contribution in [2.45, 2.75) is 25.2 Å². The third-order valence-corrected chi connectivity index (χ3v) is 5.60. The molecular formula is C24H24F3N3O2. The average Bonchev–Trinajstić information content (AvgIpc) is 2.80. The first-order chi connectivity index (χ1) is 15.3. The SMILES string of the molecule is Cc1cc(-c2ncccc2[C@@H](O)[C@H](c2cccnc2)N2CCOCC2)cc(C(F)(F)F)c1. The van der Waals surface area contributed by atoms with Crippen molar-refractivity contribution in [1.82, 2.24) is 14.9 Å². The van der Waals surface area contributed by atoms with Crippen LogP contribution in [0.3, 0.4) is 0 Å². The lowest BCUT2D eigenvalue weighted by atomic mass is 9.91. The van der Waals surface area contributed by atoms with Gasteiger partial charge in [0.05, 0.1) is 30.5 Å². The lowest BCUT2D eigenvalue weighted by Crippen LogP contribution is -2.41. The van der Waals surface area contributed by atoms with Gasteiger partial charge < -0.3 is 9.84 Å². The molecule has 2 aromatic heterocycles. The first kappa shape index (κ1) is 22.4. The fourth-order valence-corrected chi connectivity index (χ4v) is 4.15. The molecule has 1 saturated heterocycles. The Morgan fingerprint density at radius 3 is 2.50 bits per heavy atom. The van der Waals surface area contributed by atoms with Crippen LogP contribution in [0.2, 0.25) is 0 Å². The summed E-state index contributed by atoms with van der Waals surface area (Å²) in [4.78, 5) is 10.7. The molecule has 0 radical (unpaired) electrons. The van der Waals surface area contributed by atoms with E-state index in [4.69, 9.17) is 4.74 Å². The van der Waals surface area contributed by atoms with Crippen molar-refractivity contribution in [3.05, 3.63) is 83.3 Å². The maximum atomic E-state index is 13.4. The molecular weight excluding hydrogens is 419 g/mol. The Morgan fingerprint density at radius 1 is 1.06 bits per heavy atom. The number of benzene rings is 1. The van der Waals surface area contributed by atoms with E-state index in [0.29, 0.717) is 48.7 Å². The molecule has 0 unspecified atom stereocenters. The van der Waals surface area contributed by atoms with E-state index < -0.39 is 23.9 Å². The van der Waals surface area contributed by atoms with Gasteiger partial charge in [0, 0.05) is 42.8 Å². The first-order valence-corrected chi connectivity index (χ1v) is 10.4. The molecule has 1 aliphatic heterocycles. The molecule has 1 aromatic carbocycles. The molecule has 3 aromatic rings. The number of aliphatic hydroxyl groups excluding tert-OH is 1. The largest absolute Gasteiger partial charge is 0.416 e. The highest BCUT2D eigenvalue weighted by Crippen LogP contribution is 2.39. The standard InChI is InChI=1S/C24H24F3N3O2/c1-16-12-18(14-19(13-16)24(25,26)27)21-20(5-3-7-29-21)23(31)22(17-4-2-6-28-15-17)30-8-10-32-11-9-30/h2-7,12-15,22-23,31H,8-11H2,1H3/t22-,23+/m0/s1. The Kier molecular flexibility index (Phi) is 6.55. The van der Waals surface area contributed by atoms with Gasteiger partial charge in [-0.3, -0.25) is 14.9 Å². The van der Waals surface area contributed by atoms with Crippen molar-refractivity contribution >= 4 is 0 Å². The van der Waals surface area contributed by atoms with E-state index in [-0.39, 0.29) is 0 Å². The Labute approximate surface area is 184 Å². The summed E-state index contributed by atoms with van der Waals surface area (Å²) in [5.74, 6) is 0. The van der Waals surface area contributed by atoms with Gasteiger partial charge in [0.1, 0.15) is 6.10 Å². The van der Waals surface area contributed by atoms with Crippen molar-refractivity contribution in [3.63, 3.8) is 0 Å². The summed E-state index contributed by atoms with van der Waals surface area (Å²) in [6, 6.07) is 10.5. The van der Waals surface area contributed by atoms with Crippen molar-refractivity contribution in [3.8, 4) is 11.3 Å². The molecule has 5 nitrogen and oxygen atoms in total. The second-order valence-electron chi connectivity index (χ2n) is 7.85. The predicted molar refractivity (Wildman–Crippen MR) is 114 cm³/mol. The molecule has 1 N–H and O–H groups in total. The summed E-state index contributed by atoms with van der Waals surface area (Å²) in [6.45, 7) is 3.93. The van der Waals surface area contributed by atoms with Crippen LogP contribution < -0.4 is 0 Å². The Bertz CT molecular complexity index is 1050. The minimum atomic E-state index is -4.47. The molecule has 4 rings (SSSR count). The summed E-state index contributed by atoms with van der Waals surface area (Å²) in [5.41, 5.74) is 1.66. The van der Waals surface area contributed by atoms with E-state index in [1.165, 1.54) is 6.20 Å². The number of nitrogens with zero attached hydrogens (tertiary/aromatic N) is 3. The van der Waals surface area contributed by atoms with Crippen LogP contribution in [-0.4, -0.2) is 46.3 Å². The van der Waals surface area contributed by atoms with E-state index in [0.717, 1.165) is 17.7 Å². The zero-order valence-electron chi connectivity index (χ0n) is 17.6. The van der Waals surface area contributed by atoms with E-state index in [2.05, 4.69) is 14.9 Å². The number of hydrogen-bond donors (Lipinski definition) is 1. The van der Waals surface area contributed by atoms with Crippen molar-refractivity contribution in [1.29, 1.82) is 0 Å². The van der Waals surface area contributed by atoms with Gasteiger partial charge in [0.15, 0.2) is 0 Å². The molecule has 8 heteroatoms. The number of alkyl halides is 3. The summed E-state index contributed by atoms with van der Waals surface area (Å²) >= 11 is 0. The molecule has 1 fully saturated rings.